The summed E-state index contributed by atoms with van der Waals surface area (Å²) in [5.41, 5.74) is 0.240. The van der Waals surface area contributed by atoms with Crippen LogP contribution >= 0.6 is 11.6 Å². The number of ether oxygens (including phenoxy) is 3. The summed E-state index contributed by atoms with van der Waals surface area (Å²) in [7, 11) is 0. The molecule has 0 aliphatic rings. The minimum Gasteiger partial charge on any atom is -0.494 e. The molecule has 7 nitrogen and oxygen atoms in total. The van der Waals surface area contributed by atoms with Gasteiger partial charge < -0.3 is 23.9 Å². The van der Waals surface area contributed by atoms with Crippen LogP contribution in [-0.4, -0.2) is 19.1 Å². The molecule has 0 fully saturated rings. The van der Waals surface area contributed by atoms with Gasteiger partial charge in [0.1, 0.15) is 22.8 Å². The number of benzene rings is 3. The van der Waals surface area contributed by atoms with E-state index in [0.717, 1.165) is 6.07 Å². The van der Waals surface area contributed by atoms with Crippen LogP contribution < -0.4 is 25.0 Å². The number of alkyl halides is 3. The Morgan fingerprint density at radius 2 is 1.59 bits per heavy atom. The number of carbonyl (C=O) groups excluding carboxylic acids is 1. The first-order chi connectivity index (χ1) is 18.5. The molecule has 3 aromatic carbocycles. The minimum atomic E-state index is -5.03. The summed E-state index contributed by atoms with van der Waals surface area (Å²) in [5, 5.41) is 2.91. The van der Waals surface area contributed by atoms with E-state index < -0.39 is 35.6 Å². The second kappa shape index (κ2) is 11.3. The minimum absolute atomic E-state index is 0.00467. The Morgan fingerprint density at radius 3 is 2.21 bits per heavy atom. The predicted molar refractivity (Wildman–Crippen MR) is 140 cm³/mol. The largest absolute Gasteiger partial charge is 0.494 e. The van der Waals surface area contributed by atoms with Crippen molar-refractivity contribution in [3.8, 4) is 23.0 Å². The zero-order valence-corrected chi connectivity index (χ0v) is 21.8. The first kappa shape index (κ1) is 27.8. The molecule has 0 spiro atoms. The lowest BCUT2D eigenvalue weighted by Crippen LogP contribution is -2.20. The lowest BCUT2D eigenvalue weighted by molar-refractivity contribution is -0.154. The number of hydrogen-bond donors (Lipinski definition) is 1. The fraction of sp³-hybridized carbons (Fsp3) is 0.214. The normalized spacial score (nSPS) is 11.4. The topological polar surface area (TPSA) is 87.0 Å². The van der Waals surface area contributed by atoms with Gasteiger partial charge in [-0.2, -0.15) is 13.2 Å². The Bertz CT molecular complexity index is 1560. The van der Waals surface area contributed by atoms with Gasteiger partial charge in [-0.3, -0.25) is 9.59 Å². The molecular weight excluding hydrogens is 539 g/mol. The van der Waals surface area contributed by atoms with Crippen LogP contribution in [0, 0.1) is 13.8 Å². The van der Waals surface area contributed by atoms with E-state index in [9.17, 15) is 22.8 Å². The van der Waals surface area contributed by atoms with Gasteiger partial charge in [0.2, 0.25) is 11.2 Å². The highest BCUT2D eigenvalue weighted by Gasteiger charge is 2.40. The number of carbonyl (C=O) groups is 1. The number of hydrogen-bond acceptors (Lipinski definition) is 6. The lowest BCUT2D eigenvalue weighted by atomic mass is 10.1. The number of nitrogens with one attached hydrogen (secondary N) is 1. The molecule has 1 N–H and O–H groups in total. The van der Waals surface area contributed by atoms with Crippen molar-refractivity contribution in [3.05, 3.63) is 86.7 Å². The molecule has 1 amide bonds. The standard InChI is InChI=1S/C28H23ClF3NO6/c1-4-36-18-7-5-17(6-8-18)33-23(34)14-37-19-9-10-21-22(13-19)39-27(28(30,31)32)26(25(21)35)38-20-11-15(2)24(29)16(3)12-20/h5-13H,4,14H2,1-3H3,(H,33,34). The van der Waals surface area contributed by atoms with Gasteiger partial charge in [-0.15, -0.1) is 0 Å². The third kappa shape index (κ3) is 6.46. The fourth-order valence-electron chi connectivity index (χ4n) is 3.76. The first-order valence-electron chi connectivity index (χ1n) is 11.7. The van der Waals surface area contributed by atoms with E-state index in [1.165, 1.54) is 24.3 Å². The molecule has 1 aromatic heterocycles. The average molecular weight is 562 g/mol. The highest BCUT2D eigenvalue weighted by atomic mass is 35.5. The van der Waals surface area contributed by atoms with Gasteiger partial charge in [-0.1, -0.05) is 11.6 Å². The van der Waals surface area contributed by atoms with E-state index in [1.807, 2.05) is 6.92 Å². The molecule has 1 heterocycles. The summed E-state index contributed by atoms with van der Waals surface area (Å²) < 4.78 is 62.9. The fourth-order valence-corrected chi connectivity index (χ4v) is 3.86. The summed E-state index contributed by atoms with van der Waals surface area (Å²) in [5.74, 6) is -2.43. The molecule has 0 aliphatic heterocycles. The van der Waals surface area contributed by atoms with Crippen molar-refractivity contribution in [2.45, 2.75) is 26.9 Å². The maximum absolute atomic E-state index is 13.9. The maximum Gasteiger partial charge on any atom is 0.453 e. The van der Waals surface area contributed by atoms with Crippen LogP contribution in [0.1, 0.15) is 23.8 Å². The molecule has 0 saturated heterocycles. The highest BCUT2D eigenvalue weighted by molar-refractivity contribution is 6.32. The number of rotatable bonds is 8. The molecule has 39 heavy (non-hydrogen) atoms. The van der Waals surface area contributed by atoms with Crippen molar-refractivity contribution < 1.29 is 36.6 Å². The third-order valence-electron chi connectivity index (χ3n) is 5.53. The van der Waals surface area contributed by atoms with Crippen molar-refractivity contribution in [2.75, 3.05) is 18.5 Å². The van der Waals surface area contributed by atoms with E-state index >= 15 is 0 Å². The van der Waals surface area contributed by atoms with E-state index in [2.05, 4.69) is 5.32 Å². The molecule has 11 heteroatoms. The predicted octanol–water partition coefficient (Wildman–Crippen LogP) is 7.29. The van der Waals surface area contributed by atoms with Crippen molar-refractivity contribution in [1.29, 1.82) is 0 Å². The number of fused-ring (bicyclic) bond motifs is 1. The Morgan fingerprint density at radius 1 is 0.949 bits per heavy atom. The second-order valence-corrected chi connectivity index (χ2v) is 8.89. The van der Waals surface area contributed by atoms with Gasteiger partial charge in [0.05, 0.1) is 12.0 Å². The number of anilines is 1. The van der Waals surface area contributed by atoms with Crippen molar-refractivity contribution in [3.63, 3.8) is 0 Å². The number of halogens is 4. The number of amides is 1. The zero-order valence-electron chi connectivity index (χ0n) is 21.1. The monoisotopic (exact) mass is 561 g/mol. The summed E-state index contributed by atoms with van der Waals surface area (Å²) in [4.78, 5) is 25.3. The number of aryl methyl sites for hydroxylation is 2. The van der Waals surface area contributed by atoms with Gasteiger partial charge in [0.25, 0.3) is 11.7 Å². The van der Waals surface area contributed by atoms with Crippen LogP contribution in [0.3, 0.4) is 0 Å². The summed E-state index contributed by atoms with van der Waals surface area (Å²) >= 11 is 6.13. The molecule has 0 saturated carbocycles. The van der Waals surface area contributed by atoms with Crippen LogP contribution in [0.15, 0.2) is 63.8 Å². The molecule has 4 aromatic rings. The molecule has 0 bridgehead atoms. The van der Waals surface area contributed by atoms with E-state index in [1.54, 1.807) is 38.1 Å². The van der Waals surface area contributed by atoms with Crippen LogP contribution in [0.2, 0.25) is 5.02 Å². The lowest BCUT2D eigenvalue weighted by Gasteiger charge is -2.15. The first-order valence-corrected chi connectivity index (χ1v) is 12.1. The van der Waals surface area contributed by atoms with Gasteiger partial charge in [-0.05, 0) is 80.4 Å². The molecule has 0 atom stereocenters. The molecular formula is C28H23ClF3NO6. The second-order valence-electron chi connectivity index (χ2n) is 8.51. The van der Waals surface area contributed by atoms with Crippen LogP contribution in [-0.2, 0) is 11.0 Å². The Kier molecular flexibility index (Phi) is 8.06. The van der Waals surface area contributed by atoms with E-state index in [4.69, 9.17) is 30.2 Å². The Hall–Kier alpha value is -4.18. The van der Waals surface area contributed by atoms with Crippen molar-refractivity contribution >= 4 is 34.2 Å². The molecule has 0 radical (unpaired) electrons. The smallest absolute Gasteiger partial charge is 0.453 e. The summed E-state index contributed by atoms with van der Waals surface area (Å²) in [6.45, 7) is 5.24. The van der Waals surface area contributed by atoms with Gasteiger partial charge in [0.15, 0.2) is 6.61 Å². The zero-order chi connectivity index (χ0) is 28.3. The molecule has 0 unspecified atom stereocenters. The van der Waals surface area contributed by atoms with Gasteiger partial charge >= 0.3 is 6.18 Å². The van der Waals surface area contributed by atoms with Crippen LogP contribution in [0.25, 0.3) is 11.0 Å². The molecule has 4 rings (SSSR count). The summed E-state index contributed by atoms with van der Waals surface area (Å²) in [6, 6.07) is 13.2. The molecule has 0 aliphatic carbocycles. The van der Waals surface area contributed by atoms with E-state index in [-0.39, 0.29) is 22.5 Å². The molecule has 204 valence electrons. The maximum atomic E-state index is 13.9. The Labute approximate surface area is 226 Å². The third-order valence-corrected chi connectivity index (χ3v) is 6.12. The van der Waals surface area contributed by atoms with Crippen LogP contribution in [0.4, 0.5) is 18.9 Å². The average Bonchev–Trinajstić information content (AvgIpc) is 2.88. The Balaban J connectivity index is 1.57. The van der Waals surface area contributed by atoms with Crippen molar-refractivity contribution in [1.82, 2.24) is 0 Å². The van der Waals surface area contributed by atoms with Crippen LogP contribution in [0.5, 0.6) is 23.0 Å². The van der Waals surface area contributed by atoms with Gasteiger partial charge in [-0.25, -0.2) is 0 Å². The van der Waals surface area contributed by atoms with Crippen molar-refractivity contribution in [2.24, 2.45) is 0 Å². The van der Waals surface area contributed by atoms with Gasteiger partial charge in [0, 0.05) is 16.8 Å². The van der Waals surface area contributed by atoms with E-state index in [0.29, 0.717) is 34.2 Å². The quantitative estimate of drug-likeness (QED) is 0.243. The highest BCUT2D eigenvalue weighted by Crippen LogP contribution is 2.39. The summed E-state index contributed by atoms with van der Waals surface area (Å²) in [6.07, 6.45) is -5.03. The SMILES string of the molecule is CCOc1ccc(NC(=O)COc2ccc3c(=O)c(Oc4cc(C)c(Cl)c(C)c4)c(C(F)(F)F)oc3c2)cc1.